The lowest BCUT2D eigenvalue weighted by Gasteiger charge is -2.20. The molecule has 0 radical (unpaired) electrons. The van der Waals surface area contributed by atoms with Gasteiger partial charge in [0.1, 0.15) is 0 Å². The van der Waals surface area contributed by atoms with Crippen molar-refractivity contribution in [2.45, 2.75) is 20.8 Å². The van der Waals surface area contributed by atoms with Crippen LogP contribution in [0.25, 0.3) is 0 Å². The predicted molar refractivity (Wildman–Crippen MR) is 75.4 cm³/mol. The highest BCUT2D eigenvalue weighted by Gasteiger charge is 2.13. The summed E-state index contributed by atoms with van der Waals surface area (Å²) < 4.78 is 11.1. The molecule has 0 aliphatic rings. The van der Waals surface area contributed by atoms with Crippen molar-refractivity contribution >= 4 is 12.6 Å². The van der Waals surface area contributed by atoms with Gasteiger partial charge in [-0.15, -0.1) is 0 Å². The Morgan fingerprint density at radius 1 is 1.24 bits per heavy atom. The number of aryl methyl sites for hydroxylation is 1. The molecule has 1 aromatic carbocycles. The van der Waals surface area contributed by atoms with E-state index in [1.54, 1.807) is 7.11 Å². The summed E-state index contributed by atoms with van der Waals surface area (Å²) in [5.41, 5.74) is 1.17. The van der Waals surface area contributed by atoms with Crippen molar-refractivity contribution in [3.63, 3.8) is 0 Å². The van der Waals surface area contributed by atoms with E-state index in [2.05, 4.69) is 26.5 Å². The first-order chi connectivity index (χ1) is 8.08. The molecule has 0 saturated carbocycles. The topological polar surface area (TPSA) is 18.5 Å². The zero-order valence-electron chi connectivity index (χ0n) is 11.1. The molecule has 17 heavy (non-hydrogen) atoms. The first-order valence-electron chi connectivity index (χ1n) is 5.96. The normalized spacial score (nSPS) is 12.6. The van der Waals surface area contributed by atoms with Crippen molar-refractivity contribution in [2.24, 2.45) is 11.8 Å². The van der Waals surface area contributed by atoms with E-state index in [-0.39, 0.29) is 0 Å². The Morgan fingerprint density at radius 3 is 2.47 bits per heavy atom. The van der Waals surface area contributed by atoms with Crippen LogP contribution in [0.1, 0.15) is 19.4 Å². The van der Waals surface area contributed by atoms with Gasteiger partial charge in [-0.2, -0.15) is 12.6 Å². The maximum Gasteiger partial charge on any atom is 0.161 e. The third-order valence-corrected chi connectivity index (χ3v) is 3.42. The highest BCUT2D eigenvalue weighted by molar-refractivity contribution is 7.80. The zero-order chi connectivity index (χ0) is 12.8. The number of hydrogen-bond donors (Lipinski definition) is 1. The smallest absolute Gasteiger partial charge is 0.161 e. The summed E-state index contributed by atoms with van der Waals surface area (Å²) in [6.45, 7) is 7.10. The Morgan fingerprint density at radius 2 is 1.94 bits per heavy atom. The Labute approximate surface area is 110 Å². The Balaban J connectivity index is 2.68. The molecular formula is C14H22O2S. The third-order valence-electron chi connectivity index (χ3n) is 2.95. The van der Waals surface area contributed by atoms with Gasteiger partial charge in [0.05, 0.1) is 13.7 Å². The van der Waals surface area contributed by atoms with E-state index < -0.39 is 0 Å². The SMILES string of the molecule is COc1cc(C)ccc1OCC(CS)C(C)C. The van der Waals surface area contributed by atoms with Gasteiger partial charge in [-0.1, -0.05) is 19.9 Å². The second kappa shape index (κ2) is 6.80. The van der Waals surface area contributed by atoms with Gasteiger partial charge in [-0.25, -0.2) is 0 Å². The molecule has 0 aromatic heterocycles. The van der Waals surface area contributed by atoms with E-state index in [1.807, 2.05) is 25.1 Å². The monoisotopic (exact) mass is 254 g/mol. The van der Waals surface area contributed by atoms with Gasteiger partial charge in [0.15, 0.2) is 11.5 Å². The average Bonchev–Trinajstić information content (AvgIpc) is 2.31. The van der Waals surface area contributed by atoms with Gasteiger partial charge >= 0.3 is 0 Å². The summed E-state index contributed by atoms with van der Waals surface area (Å²) in [6, 6.07) is 5.98. The van der Waals surface area contributed by atoms with Crippen LogP contribution in [-0.4, -0.2) is 19.5 Å². The molecule has 0 amide bonds. The van der Waals surface area contributed by atoms with Gasteiger partial charge in [0.25, 0.3) is 0 Å². The molecule has 0 N–H and O–H groups in total. The maximum absolute atomic E-state index is 5.82. The number of thiol groups is 1. The van der Waals surface area contributed by atoms with E-state index in [0.717, 1.165) is 17.3 Å². The van der Waals surface area contributed by atoms with Crippen molar-refractivity contribution < 1.29 is 9.47 Å². The Bertz CT molecular complexity index is 350. The van der Waals surface area contributed by atoms with Crippen molar-refractivity contribution in [1.82, 2.24) is 0 Å². The highest BCUT2D eigenvalue weighted by atomic mass is 32.1. The van der Waals surface area contributed by atoms with Gasteiger partial charge < -0.3 is 9.47 Å². The minimum atomic E-state index is 0.462. The van der Waals surface area contributed by atoms with Gasteiger partial charge in [0.2, 0.25) is 0 Å². The summed E-state index contributed by atoms with van der Waals surface area (Å²) in [6.07, 6.45) is 0. The van der Waals surface area contributed by atoms with Crippen molar-refractivity contribution in [1.29, 1.82) is 0 Å². The molecule has 0 spiro atoms. The minimum Gasteiger partial charge on any atom is -0.493 e. The van der Waals surface area contributed by atoms with E-state index >= 15 is 0 Å². The number of methoxy groups -OCH3 is 1. The molecule has 0 heterocycles. The van der Waals surface area contributed by atoms with Crippen LogP contribution in [0.5, 0.6) is 11.5 Å². The van der Waals surface area contributed by atoms with E-state index in [1.165, 1.54) is 5.56 Å². The van der Waals surface area contributed by atoms with E-state index in [9.17, 15) is 0 Å². The molecule has 0 aliphatic heterocycles. The third kappa shape index (κ3) is 4.15. The fourth-order valence-electron chi connectivity index (χ4n) is 1.55. The fraction of sp³-hybridized carbons (Fsp3) is 0.571. The van der Waals surface area contributed by atoms with Crippen LogP contribution in [0, 0.1) is 18.8 Å². The lowest BCUT2D eigenvalue weighted by atomic mass is 9.99. The first kappa shape index (κ1) is 14.2. The maximum atomic E-state index is 5.82. The van der Waals surface area contributed by atoms with Gasteiger partial charge in [0, 0.05) is 5.92 Å². The second-order valence-corrected chi connectivity index (χ2v) is 5.02. The number of ether oxygens (including phenoxy) is 2. The van der Waals surface area contributed by atoms with Gasteiger partial charge in [-0.3, -0.25) is 0 Å². The molecule has 96 valence electrons. The minimum absolute atomic E-state index is 0.462. The fourth-order valence-corrected chi connectivity index (χ4v) is 2.07. The summed E-state index contributed by atoms with van der Waals surface area (Å²) in [5.74, 6) is 3.48. The summed E-state index contributed by atoms with van der Waals surface area (Å²) in [4.78, 5) is 0. The van der Waals surface area contributed by atoms with Crippen LogP contribution >= 0.6 is 12.6 Å². The molecule has 1 unspecified atom stereocenters. The molecule has 2 nitrogen and oxygen atoms in total. The molecule has 0 saturated heterocycles. The number of benzene rings is 1. The molecular weight excluding hydrogens is 232 g/mol. The number of hydrogen-bond acceptors (Lipinski definition) is 3. The van der Waals surface area contributed by atoms with E-state index in [4.69, 9.17) is 9.47 Å². The Hall–Kier alpha value is -0.830. The number of rotatable bonds is 6. The predicted octanol–water partition coefficient (Wildman–Crippen LogP) is 3.58. The van der Waals surface area contributed by atoms with Crippen LogP contribution in [0.4, 0.5) is 0 Å². The zero-order valence-corrected chi connectivity index (χ0v) is 12.0. The van der Waals surface area contributed by atoms with Gasteiger partial charge in [-0.05, 0) is 36.3 Å². The largest absolute Gasteiger partial charge is 0.493 e. The molecule has 0 fully saturated rings. The lowest BCUT2D eigenvalue weighted by molar-refractivity contribution is 0.218. The summed E-state index contributed by atoms with van der Waals surface area (Å²) in [5, 5.41) is 0. The van der Waals surface area contributed by atoms with Crippen LogP contribution in [0.15, 0.2) is 18.2 Å². The van der Waals surface area contributed by atoms with Crippen molar-refractivity contribution in [3.05, 3.63) is 23.8 Å². The Kier molecular flexibility index (Phi) is 5.69. The van der Waals surface area contributed by atoms with Crippen LogP contribution in [-0.2, 0) is 0 Å². The molecule has 1 rings (SSSR count). The quantitative estimate of drug-likeness (QED) is 0.782. The van der Waals surface area contributed by atoms with Crippen LogP contribution in [0.3, 0.4) is 0 Å². The summed E-state index contributed by atoms with van der Waals surface area (Å²) >= 11 is 4.36. The van der Waals surface area contributed by atoms with Crippen molar-refractivity contribution in [2.75, 3.05) is 19.5 Å². The second-order valence-electron chi connectivity index (χ2n) is 4.65. The molecule has 1 aromatic rings. The van der Waals surface area contributed by atoms with E-state index in [0.29, 0.717) is 18.4 Å². The average molecular weight is 254 g/mol. The standard InChI is InChI=1S/C14H22O2S/c1-10(2)12(9-17)8-16-13-6-5-11(3)7-14(13)15-4/h5-7,10,12,17H,8-9H2,1-4H3. The highest BCUT2D eigenvalue weighted by Crippen LogP contribution is 2.28. The molecule has 1 atom stereocenters. The first-order valence-corrected chi connectivity index (χ1v) is 6.60. The van der Waals surface area contributed by atoms with Crippen LogP contribution in [0.2, 0.25) is 0 Å². The molecule has 0 aliphatic carbocycles. The van der Waals surface area contributed by atoms with Crippen LogP contribution < -0.4 is 9.47 Å². The lowest BCUT2D eigenvalue weighted by Crippen LogP contribution is -2.19. The molecule has 0 bridgehead atoms. The van der Waals surface area contributed by atoms with Crippen molar-refractivity contribution in [3.8, 4) is 11.5 Å². The molecule has 3 heteroatoms. The summed E-state index contributed by atoms with van der Waals surface area (Å²) in [7, 11) is 1.67.